The summed E-state index contributed by atoms with van der Waals surface area (Å²) in [6.45, 7) is 4.86. The summed E-state index contributed by atoms with van der Waals surface area (Å²) in [5.74, 6) is 1.42. The number of carbonyl (C=O) groups excluding carboxylic acids is 1. The lowest BCUT2D eigenvalue weighted by Gasteiger charge is -2.16. The summed E-state index contributed by atoms with van der Waals surface area (Å²) >= 11 is 0. The van der Waals surface area contributed by atoms with E-state index in [2.05, 4.69) is 36.4 Å². The quantitative estimate of drug-likeness (QED) is 0.859. The Morgan fingerprint density at radius 1 is 1.41 bits per heavy atom. The molecule has 1 saturated carbocycles. The zero-order valence-corrected chi connectivity index (χ0v) is 13.5. The number of ether oxygens (including phenoxy) is 1. The van der Waals surface area contributed by atoms with Crippen LogP contribution in [0.5, 0.6) is 5.75 Å². The second-order valence-electron chi connectivity index (χ2n) is 6.77. The Bertz CT molecular complexity index is 683. The van der Waals surface area contributed by atoms with Crippen molar-refractivity contribution in [2.45, 2.75) is 38.5 Å². The molecule has 4 nitrogen and oxygen atoms in total. The fourth-order valence-corrected chi connectivity index (χ4v) is 3.07. The van der Waals surface area contributed by atoms with Crippen LogP contribution >= 0.6 is 0 Å². The van der Waals surface area contributed by atoms with Crippen LogP contribution in [0.3, 0.4) is 0 Å². The molecule has 4 heteroatoms. The molecule has 0 atom stereocenters. The maximum atomic E-state index is 11.9. The first-order valence-corrected chi connectivity index (χ1v) is 7.96. The standard InChI is InChI=1S/C18H24N2O2/c1-12(2)8-17(21)20-11-18(6-7-18)15-10-19-16-5-4-13(22-3)9-14(15)16/h4-5,9-10,12,19H,6-8,11H2,1-3H3,(H,20,21). The second kappa shape index (κ2) is 5.67. The predicted octanol–water partition coefficient (Wildman–Crippen LogP) is 3.37. The second-order valence-corrected chi connectivity index (χ2v) is 6.77. The van der Waals surface area contributed by atoms with E-state index in [1.54, 1.807) is 7.11 Å². The number of fused-ring (bicyclic) bond motifs is 1. The van der Waals surface area contributed by atoms with E-state index < -0.39 is 0 Å². The zero-order chi connectivity index (χ0) is 15.7. The molecule has 1 aromatic heterocycles. The molecule has 1 aromatic carbocycles. The van der Waals surface area contributed by atoms with Gasteiger partial charge in [-0.05, 0) is 42.5 Å². The number of methoxy groups -OCH3 is 1. The van der Waals surface area contributed by atoms with Gasteiger partial charge in [0.05, 0.1) is 7.11 Å². The van der Waals surface area contributed by atoms with Crippen molar-refractivity contribution in [3.63, 3.8) is 0 Å². The molecule has 0 radical (unpaired) electrons. The molecule has 1 heterocycles. The molecule has 1 aliphatic carbocycles. The first kappa shape index (κ1) is 14.9. The van der Waals surface area contributed by atoms with Crippen molar-refractivity contribution >= 4 is 16.8 Å². The van der Waals surface area contributed by atoms with Crippen molar-refractivity contribution in [1.29, 1.82) is 0 Å². The van der Waals surface area contributed by atoms with Gasteiger partial charge in [-0.3, -0.25) is 4.79 Å². The maximum Gasteiger partial charge on any atom is 0.220 e. The average Bonchev–Trinajstić information content (AvgIpc) is 3.15. The van der Waals surface area contributed by atoms with Gasteiger partial charge in [-0.25, -0.2) is 0 Å². The first-order chi connectivity index (χ1) is 10.5. The molecule has 0 spiro atoms. The van der Waals surface area contributed by atoms with Crippen LogP contribution in [-0.4, -0.2) is 24.5 Å². The van der Waals surface area contributed by atoms with Gasteiger partial charge in [-0.1, -0.05) is 13.8 Å². The molecule has 22 heavy (non-hydrogen) atoms. The third kappa shape index (κ3) is 2.82. The molecular formula is C18H24N2O2. The van der Waals surface area contributed by atoms with E-state index in [-0.39, 0.29) is 11.3 Å². The number of rotatable bonds is 6. The molecular weight excluding hydrogens is 276 g/mol. The van der Waals surface area contributed by atoms with Crippen LogP contribution in [0, 0.1) is 5.92 Å². The number of hydrogen-bond acceptors (Lipinski definition) is 2. The number of nitrogens with one attached hydrogen (secondary N) is 2. The lowest BCUT2D eigenvalue weighted by atomic mass is 9.95. The van der Waals surface area contributed by atoms with E-state index >= 15 is 0 Å². The van der Waals surface area contributed by atoms with Crippen molar-refractivity contribution in [1.82, 2.24) is 10.3 Å². The number of benzene rings is 1. The Balaban J connectivity index is 1.79. The maximum absolute atomic E-state index is 11.9. The van der Waals surface area contributed by atoms with Crippen molar-refractivity contribution in [2.75, 3.05) is 13.7 Å². The van der Waals surface area contributed by atoms with Gasteiger partial charge in [-0.15, -0.1) is 0 Å². The molecule has 1 amide bonds. The van der Waals surface area contributed by atoms with Crippen LogP contribution in [0.25, 0.3) is 10.9 Å². The molecule has 0 aliphatic heterocycles. The molecule has 1 fully saturated rings. The van der Waals surface area contributed by atoms with Crippen LogP contribution < -0.4 is 10.1 Å². The molecule has 3 rings (SSSR count). The number of hydrogen-bond donors (Lipinski definition) is 2. The molecule has 2 N–H and O–H groups in total. The topological polar surface area (TPSA) is 54.1 Å². The summed E-state index contributed by atoms with van der Waals surface area (Å²) in [7, 11) is 1.69. The van der Waals surface area contributed by atoms with Crippen molar-refractivity contribution in [3.05, 3.63) is 30.0 Å². The summed E-state index contributed by atoms with van der Waals surface area (Å²) in [4.78, 5) is 15.3. The van der Waals surface area contributed by atoms with Gasteiger partial charge in [0.25, 0.3) is 0 Å². The van der Waals surface area contributed by atoms with Crippen LogP contribution in [0.15, 0.2) is 24.4 Å². The number of H-pyrrole nitrogens is 1. The SMILES string of the molecule is COc1ccc2[nH]cc(C3(CNC(=O)CC(C)C)CC3)c2c1. The molecule has 0 unspecified atom stereocenters. The van der Waals surface area contributed by atoms with Gasteiger partial charge in [0.1, 0.15) is 5.75 Å². The lowest BCUT2D eigenvalue weighted by molar-refractivity contribution is -0.121. The third-order valence-electron chi connectivity index (χ3n) is 4.53. The highest BCUT2D eigenvalue weighted by atomic mass is 16.5. The highest BCUT2D eigenvalue weighted by Crippen LogP contribution is 2.50. The van der Waals surface area contributed by atoms with Crippen molar-refractivity contribution in [3.8, 4) is 5.75 Å². The van der Waals surface area contributed by atoms with E-state index in [1.807, 2.05) is 12.1 Å². The van der Waals surface area contributed by atoms with Gasteiger partial charge >= 0.3 is 0 Å². The minimum absolute atomic E-state index is 0.0945. The monoisotopic (exact) mass is 300 g/mol. The Morgan fingerprint density at radius 2 is 2.18 bits per heavy atom. The largest absolute Gasteiger partial charge is 0.497 e. The fourth-order valence-electron chi connectivity index (χ4n) is 3.07. The van der Waals surface area contributed by atoms with E-state index in [9.17, 15) is 4.79 Å². The van der Waals surface area contributed by atoms with Crippen molar-refractivity contribution in [2.24, 2.45) is 5.92 Å². The van der Waals surface area contributed by atoms with E-state index in [1.165, 1.54) is 10.9 Å². The van der Waals surface area contributed by atoms with Gasteiger partial charge < -0.3 is 15.0 Å². The van der Waals surface area contributed by atoms with Crippen LogP contribution in [-0.2, 0) is 10.2 Å². The molecule has 2 aromatic rings. The minimum Gasteiger partial charge on any atom is -0.497 e. The molecule has 1 aliphatic rings. The van der Waals surface area contributed by atoms with Gasteiger partial charge in [0.2, 0.25) is 5.91 Å². The summed E-state index contributed by atoms with van der Waals surface area (Å²) in [5.41, 5.74) is 2.51. The van der Waals surface area contributed by atoms with Crippen LogP contribution in [0.1, 0.15) is 38.7 Å². The summed E-state index contributed by atoms with van der Waals surface area (Å²) in [6, 6.07) is 6.09. The number of amides is 1. The van der Waals surface area contributed by atoms with E-state index in [0.29, 0.717) is 12.3 Å². The number of aromatic nitrogens is 1. The van der Waals surface area contributed by atoms with Gasteiger partial charge in [0, 0.05) is 35.5 Å². The van der Waals surface area contributed by atoms with E-state index in [0.717, 1.165) is 30.7 Å². The molecule has 0 saturated heterocycles. The minimum atomic E-state index is 0.0945. The normalized spacial score (nSPS) is 16.0. The Hall–Kier alpha value is -1.97. The lowest BCUT2D eigenvalue weighted by Crippen LogP contribution is -2.32. The Kier molecular flexibility index (Phi) is 3.85. The smallest absolute Gasteiger partial charge is 0.220 e. The van der Waals surface area contributed by atoms with Crippen molar-refractivity contribution < 1.29 is 9.53 Å². The third-order valence-corrected chi connectivity index (χ3v) is 4.53. The summed E-state index contributed by atoms with van der Waals surface area (Å²) in [5, 5.41) is 4.32. The fraction of sp³-hybridized carbons (Fsp3) is 0.500. The Labute approximate surface area is 131 Å². The van der Waals surface area contributed by atoms with Gasteiger partial charge in [0.15, 0.2) is 0 Å². The number of aromatic amines is 1. The summed E-state index contributed by atoms with van der Waals surface area (Å²) in [6.07, 6.45) is 4.93. The predicted molar refractivity (Wildman–Crippen MR) is 88.2 cm³/mol. The first-order valence-electron chi connectivity index (χ1n) is 7.96. The Morgan fingerprint density at radius 3 is 2.82 bits per heavy atom. The molecule has 118 valence electrons. The highest BCUT2D eigenvalue weighted by molar-refractivity contribution is 5.86. The van der Waals surface area contributed by atoms with Crippen LogP contribution in [0.4, 0.5) is 0 Å². The van der Waals surface area contributed by atoms with Gasteiger partial charge in [-0.2, -0.15) is 0 Å². The highest BCUT2D eigenvalue weighted by Gasteiger charge is 2.45. The summed E-state index contributed by atoms with van der Waals surface area (Å²) < 4.78 is 5.34. The zero-order valence-electron chi connectivity index (χ0n) is 13.5. The molecule has 0 bridgehead atoms. The van der Waals surface area contributed by atoms with E-state index in [4.69, 9.17) is 4.74 Å². The van der Waals surface area contributed by atoms with Crippen LogP contribution in [0.2, 0.25) is 0 Å². The average molecular weight is 300 g/mol. The number of carbonyl (C=O) groups is 1.